The summed E-state index contributed by atoms with van der Waals surface area (Å²) in [5.74, 6) is 0. The van der Waals surface area contributed by atoms with Crippen LogP contribution in [0.1, 0.15) is 40.0 Å². The molecule has 4 nitrogen and oxygen atoms in total. The molecule has 1 aliphatic carbocycles. The molecule has 0 aliphatic heterocycles. The van der Waals surface area contributed by atoms with Crippen LogP contribution in [-0.2, 0) is 15.5 Å². The van der Waals surface area contributed by atoms with Crippen LogP contribution in [0, 0.1) is 0 Å². The quantitative estimate of drug-likeness (QED) is 0.349. The molecular formula is C9H19KNO3S-. The molecule has 1 unspecified atom stereocenters. The van der Waals surface area contributed by atoms with Crippen LogP contribution in [0.15, 0.2) is 0 Å². The fourth-order valence-corrected chi connectivity index (χ4v) is 2.07. The normalized spacial score (nSPS) is 19.5. The fourth-order valence-electron chi connectivity index (χ4n) is 1.81. The van der Waals surface area contributed by atoms with Crippen molar-refractivity contribution < 1.29 is 65.8 Å². The van der Waals surface area contributed by atoms with Gasteiger partial charge in [-0.25, -0.2) is 4.21 Å². The Bertz CT molecular complexity index is 182. The summed E-state index contributed by atoms with van der Waals surface area (Å²) in [6.45, 7) is 1.14. The first-order valence-electron chi connectivity index (χ1n) is 5.25. The largest absolute Gasteiger partial charge is 1.00 e. The molecule has 1 saturated carbocycles. The van der Waals surface area contributed by atoms with E-state index in [0.29, 0.717) is 6.04 Å². The molecule has 0 aromatic heterocycles. The minimum atomic E-state index is -2.35. The van der Waals surface area contributed by atoms with Gasteiger partial charge in [0.15, 0.2) is 0 Å². The van der Waals surface area contributed by atoms with E-state index in [-0.39, 0.29) is 59.4 Å². The van der Waals surface area contributed by atoms with Gasteiger partial charge >= 0.3 is 51.4 Å². The minimum Gasteiger partial charge on any atom is -1.00 e. The molecular weight excluding hydrogens is 241 g/mol. The van der Waals surface area contributed by atoms with E-state index in [9.17, 15) is 8.76 Å². The molecule has 6 heteroatoms. The monoisotopic (exact) mass is 260 g/mol. The molecule has 1 atom stereocenters. The maximum atomic E-state index is 10.0. The average Bonchev–Trinajstić information content (AvgIpc) is 2.18. The molecule has 86 valence electrons. The molecule has 0 radical (unpaired) electrons. The third-order valence-corrected chi connectivity index (χ3v) is 2.90. The van der Waals surface area contributed by atoms with Crippen molar-refractivity contribution >= 4 is 11.4 Å². The van der Waals surface area contributed by atoms with Crippen molar-refractivity contribution in [2.24, 2.45) is 0 Å². The molecule has 0 aromatic carbocycles. The van der Waals surface area contributed by atoms with Gasteiger partial charge in [0.1, 0.15) is 0 Å². The van der Waals surface area contributed by atoms with E-state index in [4.69, 9.17) is 0 Å². The van der Waals surface area contributed by atoms with Crippen LogP contribution in [0.4, 0.5) is 0 Å². The first kappa shape index (κ1) is 16.7. The van der Waals surface area contributed by atoms with Crippen LogP contribution in [0.5, 0.6) is 0 Å². The second kappa shape index (κ2) is 10.8. The summed E-state index contributed by atoms with van der Waals surface area (Å²) in [6.07, 6.45) is 7.26. The van der Waals surface area contributed by atoms with E-state index in [2.05, 4.69) is 9.50 Å². The average molecular weight is 260 g/mol. The number of rotatable bonds is 6. The van der Waals surface area contributed by atoms with Crippen LogP contribution >= 0.6 is 0 Å². The topological polar surface area (TPSA) is 61.4 Å². The summed E-state index contributed by atoms with van der Waals surface area (Å²) in [7, 11) is 0. The molecule has 0 aromatic rings. The van der Waals surface area contributed by atoms with Crippen LogP contribution in [0.25, 0.3) is 0 Å². The van der Waals surface area contributed by atoms with Gasteiger partial charge in [0, 0.05) is 6.04 Å². The van der Waals surface area contributed by atoms with Crippen molar-refractivity contribution in [2.75, 3.05) is 13.2 Å². The van der Waals surface area contributed by atoms with Gasteiger partial charge in [-0.3, -0.25) is 0 Å². The van der Waals surface area contributed by atoms with Crippen LogP contribution in [-0.4, -0.2) is 28.0 Å². The van der Waals surface area contributed by atoms with E-state index in [1.165, 1.54) is 32.1 Å². The molecule has 0 saturated heterocycles. The predicted octanol–water partition coefficient (Wildman–Crippen LogP) is -1.77. The van der Waals surface area contributed by atoms with Crippen molar-refractivity contribution in [3.05, 3.63) is 0 Å². The summed E-state index contributed by atoms with van der Waals surface area (Å²) in [6, 6.07) is 0.640. The second-order valence-corrected chi connectivity index (χ2v) is 4.31. The summed E-state index contributed by atoms with van der Waals surface area (Å²) in [5.41, 5.74) is 0. The van der Waals surface area contributed by atoms with Gasteiger partial charge in [0.05, 0.1) is 18.0 Å². The Hall–Kier alpha value is 1.67. The van der Waals surface area contributed by atoms with Crippen molar-refractivity contribution in [1.29, 1.82) is 0 Å². The molecule has 0 spiro atoms. The smallest absolute Gasteiger partial charge is 1.00 e. The summed E-state index contributed by atoms with van der Waals surface area (Å²) >= 11 is -2.35. The molecule has 0 bridgehead atoms. The Kier molecular flexibility index (Phi) is 12.0. The first-order valence-corrected chi connectivity index (χ1v) is 6.25. The van der Waals surface area contributed by atoms with Gasteiger partial charge in [0.2, 0.25) is 0 Å². The maximum Gasteiger partial charge on any atom is 1.00 e. The van der Waals surface area contributed by atoms with E-state index in [1.54, 1.807) is 0 Å². The summed E-state index contributed by atoms with van der Waals surface area (Å²) < 4.78 is 24.5. The van der Waals surface area contributed by atoms with Gasteiger partial charge in [-0.2, -0.15) is 0 Å². The van der Waals surface area contributed by atoms with Crippen LogP contribution in [0.3, 0.4) is 0 Å². The summed E-state index contributed by atoms with van der Waals surface area (Å²) in [4.78, 5) is 0. The van der Waals surface area contributed by atoms with Crippen LogP contribution < -0.4 is 56.7 Å². The van der Waals surface area contributed by atoms with Crippen molar-refractivity contribution in [3.63, 3.8) is 0 Å². The third kappa shape index (κ3) is 9.38. The number of nitrogens with one attached hydrogen (secondary N) is 1. The zero-order valence-corrected chi connectivity index (χ0v) is 13.3. The van der Waals surface area contributed by atoms with Crippen LogP contribution in [0.2, 0.25) is 0 Å². The minimum absolute atomic E-state index is 0. The summed E-state index contributed by atoms with van der Waals surface area (Å²) in [5, 5.41) is 3.41. The van der Waals surface area contributed by atoms with Crippen molar-refractivity contribution in [3.8, 4) is 0 Å². The third-order valence-electron chi connectivity index (χ3n) is 2.54. The SMILES string of the molecule is O=S([O-])OCCCNC1CCCCC1.[H-].[K+]. The Balaban J connectivity index is 0. The molecule has 1 aliphatic rings. The molecule has 1 fully saturated rings. The molecule has 0 amide bonds. The zero-order valence-electron chi connectivity index (χ0n) is 10.4. The predicted molar refractivity (Wildman–Crippen MR) is 55.5 cm³/mol. The Morgan fingerprint density at radius 1 is 1.40 bits per heavy atom. The molecule has 1 N–H and O–H groups in total. The van der Waals surface area contributed by atoms with Gasteiger partial charge in [-0.1, -0.05) is 19.3 Å². The first-order chi connectivity index (χ1) is 6.79. The van der Waals surface area contributed by atoms with Gasteiger partial charge in [0.25, 0.3) is 0 Å². The van der Waals surface area contributed by atoms with Crippen molar-refractivity contribution in [2.45, 2.75) is 44.6 Å². The second-order valence-electron chi connectivity index (χ2n) is 3.67. The maximum absolute atomic E-state index is 10.0. The fraction of sp³-hybridized carbons (Fsp3) is 1.00. The number of hydrogen-bond donors (Lipinski definition) is 1. The molecule has 1 rings (SSSR count). The van der Waals surface area contributed by atoms with Gasteiger partial charge < -0.3 is 15.5 Å². The van der Waals surface area contributed by atoms with E-state index >= 15 is 0 Å². The van der Waals surface area contributed by atoms with Gasteiger partial charge in [-0.15, -0.1) is 0 Å². The Morgan fingerprint density at radius 3 is 2.67 bits per heavy atom. The van der Waals surface area contributed by atoms with E-state index in [0.717, 1.165) is 13.0 Å². The van der Waals surface area contributed by atoms with E-state index < -0.39 is 11.4 Å². The Labute approximate surface area is 138 Å². The molecule has 15 heavy (non-hydrogen) atoms. The zero-order chi connectivity index (χ0) is 10.2. The van der Waals surface area contributed by atoms with Gasteiger partial charge in [-0.05, 0) is 25.8 Å². The Morgan fingerprint density at radius 2 is 2.07 bits per heavy atom. The standard InChI is InChI=1S/C9H19NO3S.K.H/c11-14(12)13-8-4-7-10-9-5-2-1-3-6-9;;/h9-10H,1-8H2,(H,11,12);;/q;+1;-1/p-1. The molecule has 0 heterocycles. The van der Waals surface area contributed by atoms with Crippen molar-refractivity contribution in [1.82, 2.24) is 5.32 Å². The van der Waals surface area contributed by atoms with E-state index in [1.807, 2.05) is 0 Å². The number of hydrogen-bond acceptors (Lipinski definition) is 4.